The Kier molecular flexibility index (Phi) is 3.27. The molecular weight excluding hydrogens is 174 g/mol. The van der Waals surface area contributed by atoms with Gasteiger partial charge in [-0.3, -0.25) is 4.98 Å². The largest absolute Gasteiger partial charge is 0.388 e. The Balaban J connectivity index is 3.16. The second-order valence-corrected chi connectivity index (χ2v) is 4.62. The van der Waals surface area contributed by atoms with Gasteiger partial charge >= 0.3 is 0 Å². The van der Waals surface area contributed by atoms with Crippen LogP contribution >= 0.6 is 0 Å². The number of nitrogens with zero attached hydrogens (tertiary/aromatic N) is 1. The second-order valence-electron chi connectivity index (χ2n) is 4.62. The van der Waals surface area contributed by atoms with E-state index >= 15 is 0 Å². The van der Waals surface area contributed by atoms with Gasteiger partial charge in [-0.1, -0.05) is 33.8 Å². The van der Waals surface area contributed by atoms with Crippen molar-refractivity contribution in [3.8, 4) is 0 Å². The highest BCUT2D eigenvalue weighted by molar-refractivity contribution is 5.27. The molecule has 0 aromatic carbocycles. The van der Waals surface area contributed by atoms with Gasteiger partial charge in [0.25, 0.3) is 0 Å². The Morgan fingerprint density at radius 2 is 2.07 bits per heavy atom. The van der Waals surface area contributed by atoms with Crippen molar-refractivity contribution in [3.05, 3.63) is 29.6 Å². The fourth-order valence-electron chi connectivity index (χ4n) is 1.53. The van der Waals surface area contributed by atoms with Crippen molar-refractivity contribution in [2.75, 3.05) is 0 Å². The average Bonchev–Trinajstić information content (AvgIpc) is 2.15. The Morgan fingerprint density at radius 3 is 2.57 bits per heavy atom. The van der Waals surface area contributed by atoms with Crippen LogP contribution in [0.5, 0.6) is 0 Å². The summed E-state index contributed by atoms with van der Waals surface area (Å²) < 4.78 is 0. The second kappa shape index (κ2) is 4.09. The van der Waals surface area contributed by atoms with Crippen LogP contribution in [0.4, 0.5) is 0 Å². The van der Waals surface area contributed by atoms with E-state index in [1.54, 1.807) is 6.20 Å². The van der Waals surface area contributed by atoms with Crippen LogP contribution in [0, 0.1) is 0 Å². The molecule has 1 heterocycles. The summed E-state index contributed by atoms with van der Waals surface area (Å²) in [5.41, 5.74) is 1.95. The van der Waals surface area contributed by atoms with Crippen LogP contribution in [0.15, 0.2) is 18.3 Å². The maximum absolute atomic E-state index is 9.83. The fraction of sp³-hybridized carbons (Fsp3) is 0.583. The van der Waals surface area contributed by atoms with Crippen molar-refractivity contribution in [1.29, 1.82) is 0 Å². The minimum atomic E-state index is -0.391. The number of aliphatic hydroxyl groups excluding tert-OH is 1. The van der Waals surface area contributed by atoms with Gasteiger partial charge in [0.05, 0.1) is 11.8 Å². The van der Waals surface area contributed by atoms with Gasteiger partial charge in [-0.2, -0.15) is 0 Å². The van der Waals surface area contributed by atoms with E-state index < -0.39 is 6.10 Å². The summed E-state index contributed by atoms with van der Waals surface area (Å²) in [7, 11) is 0. The third-order valence-electron chi connectivity index (χ3n) is 2.30. The molecule has 0 bridgehead atoms. The number of pyridine rings is 1. The molecular formula is C12H19NO. The van der Waals surface area contributed by atoms with E-state index in [0.717, 1.165) is 17.7 Å². The minimum Gasteiger partial charge on any atom is -0.388 e. The first-order valence-corrected chi connectivity index (χ1v) is 5.10. The normalized spacial score (nSPS) is 14.1. The molecule has 0 radical (unpaired) electrons. The Morgan fingerprint density at radius 1 is 1.43 bits per heavy atom. The average molecular weight is 193 g/mol. The van der Waals surface area contributed by atoms with E-state index in [2.05, 4.69) is 25.8 Å². The minimum absolute atomic E-state index is 0.00720. The fourth-order valence-corrected chi connectivity index (χ4v) is 1.53. The zero-order valence-electron chi connectivity index (χ0n) is 9.41. The maximum atomic E-state index is 9.83. The third kappa shape index (κ3) is 2.32. The smallest absolute Gasteiger partial charge is 0.0805 e. The molecule has 0 aliphatic heterocycles. The molecule has 2 nitrogen and oxygen atoms in total. The predicted molar refractivity (Wildman–Crippen MR) is 58.2 cm³/mol. The summed E-state index contributed by atoms with van der Waals surface area (Å²) in [6, 6.07) is 3.84. The first-order valence-electron chi connectivity index (χ1n) is 5.10. The molecule has 14 heavy (non-hydrogen) atoms. The molecule has 1 rings (SSSR count). The quantitative estimate of drug-likeness (QED) is 0.783. The topological polar surface area (TPSA) is 33.1 Å². The van der Waals surface area contributed by atoms with Crippen LogP contribution in [0.2, 0.25) is 0 Å². The van der Waals surface area contributed by atoms with Gasteiger partial charge in [0, 0.05) is 17.2 Å². The molecule has 78 valence electrons. The van der Waals surface area contributed by atoms with Gasteiger partial charge in [-0.05, 0) is 12.5 Å². The van der Waals surface area contributed by atoms with Crippen LogP contribution < -0.4 is 0 Å². The van der Waals surface area contributed by atoms with Gasteiger partial charge in [0.2, 0.25) is 0 Å². The first-order chi connectivity index (χ1) is 6.46. The zero-order chi connectivity index (χ0) is 10.8. The number of hydrogen-bond donors (Lipinski definition) is 1. The molecule has 0 amide bonds. The summed E-state index contributed by atoms with van der Waals surface area (Å²) in [4.78, 5) is 4.36. The van der Waals surface area contributed by atoms with E-state index in [-0.39, 0.29) is 5.41 Å². The molecule has 1 N–H and O–H groups in total. The Hall–Kier alpha value is -0.890. The van der Waals surface area contributed by atoms with Gasteiger partial charge < -0.3 is 5.11 Å². The van der Waals surface area contributed by atoms with Crippen molar-refractivity contribution in [2.24, 2.45) is 0 Å². The van der Waals surface area contributed by atoms with E-state index in [1.165, 1.54) is 0 Å². The maximum Gasteiger partial charge on any atom is 0.0805 e. The molecule has 1 atom stereocenters. The molecule has 0 unspecified atom stereocenters. The molecule has 0 aliphatic carbocycles. The predicted octanol–water partition coefficient (Wildman–Crippen LogP) is 2.82. The number of aromatic nitrogens is 1. The van der Waals surface area contributed by atoms with Crippen LogP contribution in [0.3, 0.4) is 0 Å². The Bertz CT molecular complexity index is 301. The zero-order valence-corrected chi connectivity index (χ0v) is 9.41. The van der Waals surface area contributed by atoms with E-state index in [0.29, 0.717) is 0 Å². The van der Waals surface area contributed by atoms with Crippen molar-refractivity contribution in [3.63, 3.8) is 0 Å². The van der Waals surface area contributed by atoms with Crippen LogP contribution in [-0.4, -0.2) is 10.1 Å². The van der Waals surface area contributed by atoms with Crippen LogP contribution in [-0.2, 0) is 5.41 Å². The lowest BCUT2D eigenvalue weighted by atomic mass is 9.86. The summed E-state index contributed by atoms with van der Waals surface area (Å²) in [6.45, 7) is 8.31. The van der Waals surface area contributed by atoms with Crippen LogP contribution in [0.25, 0.3) is 0 Å². The van der Waals surface area contributed by atoms with Crippen molar-refractivity contribution in [2.45, 2.75) is 45.6 Å². The van der Waals surface area contributed by atoms with Crippen molar-refractivity contribution in [1.82, 2.24) is 4.98 Å². The number of aliphatic hydroxyl groups is 1. The van der Waals surface area contributed by atoms with Crippen molar-refractivity contribution < 1.29 is 5.11 Å². The molecule has 0 aliphatic rings. The highest BCUT2D eigenvalue weighted by Crippen LogP contribution is 2.28. The third-order valence-corrected chi connectivity index (χ3v) is 2.30. The summed E-state index contributed by atoms with van der Waals surface area (Å²) in [5.74, 6) is 0. The van der Waals surface area contributed by atoms with E-state index in [1.807, 2.05) is 19.1 Å². The summed E-state index contributed by atoms with van der Waals surface area (Å²) in [5, 5.41) is 9.83. The molecule has 0 spiro atoms. The van der Waals surface area contributed by atoms with Crippen LogP contribution in [0.1, 0.15) is 51.5 Å². The molecule has 1 aromatic rings. The van der Waals surface area contributed by atoms with Gasteiger partial charge in [0.15, 0.2) is 0 Å². The number of hydrogen-bond acceptors (Lipinski definition) is 2. The molecule has 1 aromatic heterocycles. The molecule has 0 fully saturated rings. The highest BCUT2D eigenvalue weighted by Gasteiger charge is 2.21. The first kappa shape index (κ1) is 11.2. The molecule has 0 saturated heterocycles. The van der Waals surface area contributed by atoms with Gasteiger partial charge in [-0.25, -0.2) is 0 Å². The summed E-state index contributed by atoms with van der Waals surface area (Å²) in [6.07, 6.45) is 2.12. The highest BCUT2D eigenvalue weighted by atomic mass is 16.3. The lowest BCUT2D eigenvalue weighted by molar-refractivity contribution is 0.170. The van der Waals surface area contributed by atoms with Gasteiger partial charge in [0.1, 0.15) is 0 Å². The number of rotatable bonds is 2. The summed E-state index contributed by atoms with van der Waals surface area (Å²) >= 11 is 0. The van der Waals surface area contributed by atoms with Crippen molar-refractivity contribution >= 4 is 0 Å². The van der Waals surface area contributed by atoms with E-state index in [4.69, 9.17) is 0 Å². The molecule has 0 saturated carbocycles. The molecule has 2 heteroatoms. The van der Waals surface area contributed by atoms with Gasteiger partial charge in [-0.15, -0.1) is 0 Å². The lowest BCUT2D eigenvalue weighted by Gasteiger charge is -2.23. The Labute approximate surface area is 86.0 Å². The monoisotopic (exact) mass is 193 g/mol. The lowest BCUT2D eigenvalue weighted by Crippen LogP contribution is -2.18. The SMILES string of the molecule is CC[C@H](O)c1cccnc1C(C)(C)C. The standard InChI is InChI=1S/C12H19NO/c1-5-10(14)9-7-6-8-13-11(9)12(2,3)4/h6-8,10,14H,5H2,1-4H3/t10-/m0/s1. The van der Waals surface area contributed by atoms with E-state index in [9.17, 15) is 5.11 Å².